The van der Waals surface area contributed by atoms with Gasteiger partial charge in [0.05, 0.1) is 11.7 Å². The molecule has 2 heterocycles. The van der Waals surface area contributed by atoms with E-state index in [1.165, 1.54) is 12.1 Å². The highest BCUT2D eigenvalue weighted by molar-refractivity contribution is 6.00. The van der Waals surface area contributed by atoms with Crippen molar-refractivity contribution in [1.29, 1.82) is 0 Å². The number of aromatic nitrogens is 2. The van der Waals surface area contributed by atoms with Gasteiger partial charge in [0, 0.05) is 57.1 Å². The predicted molar refractivity (Wildman–Crippen MR) is 169 cm³/mol. The lowest BCUT2D eigenvalue weighted by molar-refractivity contribution is -0.138. The van der Waals surface area contributed by atoms with Crippen LogP contribution < -0.4 is 10.6 Å². The van der Waals surface area contributed by atoms with Crippen molar-refractivity contribution >= 4 is 29.2 Å². The maximum absolute atomic E-state index is 15.6. The molecule has 2 saturated carbocycles. The molecule has 2 aromatic rings. The van der Waals surface area contributed by atoms with Gasteiger partial charge in [-0.05, 0) is 62.4 Å². The van der Waals surface area contributed by atoms with Gasteiger partial charge in [0.2, 0.25) is 17.7 Å². The fraction of sp³-hybridized carbons (Fsp3) is 0.618. The quantitative estimate of drug-likeness (QED) is 0.336. The van der Waals surface area contributed by atoms with Gasteiger partial charge >= 0.3 is 0 Å². The summed E-state index contributed by atoms with van der Waals surface area (Å²) in [7, 11) is 2.00. The molecule has 10 nitrogen and oxygen atoms in total. The Morgan fingerprint density at radius 1 is 1.00 bits per heavy atom. The van der Waals surface area contributed by atoms with E-state index in [1.54, 1.807) is 41.8 Å². The Hall–Kier alpha value is -3.60. The van der Waals surface area contributed by atoms with E-state index in [2.05, 4.69) is 20.6 Å². The van der Waals surface area contributed by atoms with E-state index in [9.17, 15) is 19.2 Å². The highest BCUT2D eigenvalue weighted by Gasteiger charge is 2.36. The number of anilines is 1. The van der Waals surface area contributed by atoms with Crippen LogP contribution in [0.3, 0.4) is 0 Å². The zero-order valence-corrected chi connectivity index (χ0v) is 26.8. The molecular weight excluding hydrogens is 575 g/mol. The highest BCUT2D eigenvalue weighted by atomic mass is 19.1. The van der Waals surface area contributed by atoms with Gasteiger partial charge in [-0.25, -0.2) is 4.39 Å². The summed E-state index contributed by atoms with van der Waals surface area (Å²) in [5.41, 5.74) is 1.11. The smallest absolute Gasteiger partial charge is 0.245 e. The molecule has 3 atom stereocenters. The van der Waals surface area contributed by atoms with Crippen LogP contribution >= 0.6 is 0 Å². The third-order valence-corrected chi connectivity index (χ3v) is 9.81. The number of nitrogens with zero attached hydrogens (tertiary/aromatic N) is 4. The number of likely N-dealkylation sites (N-methyl/N-ethyl adjacent to an activating group) is 1. The SMILES string of the molecule is CCC(=O)N[C@@H](C(=O)N1CCN(C)CC1)[C@@H](C)c1ccc(NC(=O)[C@@H](CC(=O)c2ccnn2C2CC2)C2CCCCC2)c(F)c1. The number of hydrogen-bond acceptors (Lipinski definition) is 6. The largest absolute Gasteiger partial charge is 0.344 e. The van der Waals surface area contributed by atoms with Crippen molar-refractivity contribution in [3.8, 4) is 0 Å². The van der Waals surface area contributed by atoms with Crippen LogP contribution in [0.2, 0.25) is 0 Å². The molecule has 0 radical (unpaired) electrons. The van der Waals surface area contributed by atoms with Crippen LogP contribution in [0.1, 0.15) is 99.6 Å². The summed E-state index contributed by atoms with van der Waals surface area (Å²) < 4.78 is 17.4. The van der Waals surface area contributed by atoms with E-state index in [1.807, 2.05) is 7.05 Å². The normalized spacial score (nSPS) is 19.9. The number of nitrogens with one attached hydrogen (secondary N) is 2. The Bertz CT molecular complexity index is 1380. The van der Waals surface area contributed by atoms with E-state index in [4.69, 9.17) is 0 Å². The van der Waals surface area contributed by atoms with Crippen LogP contribution in [0.25, 0.3) is 0 Å². The van der Waals surface area contributed by atoms with Gasteiger partial charge in [-0.3, -0.25) is 23.9 Å². The van der Waals surface area contributed by atoms with Crippen molar-refractivity contribution in [2.75, 3.05) is 38.5 Å². The molecule has 1 aromatic heterocycles. The number of rotatable bonds is 12. The second-order valence-corrected chi connectivity index (χ2v) is 13.1. The molecule has 244 valence electrons. The van der Waals surface area contributed by atoms with Gasteiger partial charge in [0.1, 0.15) is 17.6 Å². The summed E-state index contributed by atoms with van der Waals surface area (Å²) >= 11 is 0. The number of benzene rings is 1. The van der Waals surface area contributed by atoms with Crippen LogP contribution in [0, 0.1) is 17.7 Å². The van der Waals surface area contributed by atoms with Crippen LogP contribution in [0.5, 0.6) is 0 Å². The number of amides is 3. The van der Waals surface area contributed by atoms with Crippen molar-refractivity contribution in [2.24, 2.45) is 11.8 Å². The average molecular weight is 623 g/mol. The third kappa shape index (κ3) is 7.98. The molecule has 3 aliphatic rings. The van der Waals surface area contributed by atoms with Gasteiger partial charge < -0.3 is 20.4 Å². The number of carbonyl (C=O) groups excluding carboxylic acids is 4. The topological polar surface area (TPSA) is 117 Å². The molecule has 2 aliphatic carbocycles. The molecule has 11 heteroatoms. The van der Waals surface area contributed by atoms with Crippen molar-refractivity contribution in [3.63, 3.8) is 0 Å². The number of halogens is 1. The van der Waals surface area contributed by atoms with Crippen LogP contribution in [-0.4, -0.2) is 82.4 Å². The second-order valence-electron chi connectivity index (χ2n) is 13.1. The Morgan fingerprint density at radius 3 is 2.36 bits per heavy atom. The monoisotopic (exact) mass is 622 g/mol. The lowest BCUT2D eigenvalue weighted by Crippen LogP contribution is -2.55. The zero-order valence-electron chi connectivity index (χ0n) is 26.8. The molecule has 1 saturated heterocycles. The maximum Gasteiger partial charge on any atom is 0.245 e. The van der Waals surface area contributed by atoms with Crippen molar-refractivity contribution < 1.29 is 23.6 Å². The van der Waals surface area contributed by atoms with Crippen LogP contribution in [0.4, 0.5) is 10.1 Å². The molecule has 3 amide bonds. The van der Waals surface area contributed by atoms with Crippen molar-refractivity contribution in [1.82, 2.24) is 24.9 Å². The molecule has 5 rings (SSSR count). The van der Waals surface area contributed by atoms with E-state index >= 15 is 4.39 Å². The first-order valence-electron chi connectivity index (χ1n) is 16.6. The highest BCUT2D eigenvalue weighted by Crippen LogP contribution is 2.37. The first-order chi connectivity index (χ1) is 21.7. The maximum atomic E-state index is 15.6. The number of ketones is 1. The first kappa shape index (κ1) is 32.8. The summed E-state index contributed by atoms with van der Waals surface area (Å²) in [6.45, 7) is 6.15. The molecule has 0 bridgehead atoms. The molecule has 0 spiro atoms. The number of Topliss-reactive ketones (excluding diaryl/α,β-unsaturated/α-hetero) is 1. The summed E-state index contributed by atoms with van der Waals surface area (Å²) in [5.74, 6) is -2.55. The van der Waals surface area contributed by atoms with Crippen molar-refractivity contribution in [3.05, 3.63) is 47.5 Å². The minimum atomic E-state index is -0.841. The molecule has 3 fully saturated rings. The average Bonchev–Trinajstić information content (AvgIpc) is 3.78. The molecule has 1 aliphatic heterocycles. The minimum Gasteiger partial charge on any atom is -0.344 e. The molecule has 1 aromatic carbocycles. The summed E-state index contributed by atoms with van der Waals surface area (Å²) in [6, 6.07) is 5.67. The van der Waals surface area contributed by atoms with Gasteiger partial charge in [0.25, 0.3) is 0 Å². The zero-order chi connectivity index (χ0) is 32.1. The van der Waals surface area contributed by atoms with Gasteiger partial charge in [-0.2, -0.15) is 5.10 Å². The third-order valence-electron chi connectivity index (χ3n) is 9.81. The predicted octanol–water partition coefficient (Wildman–Crippen LogP) is 4.54. The molecule has 0 unspecified atom stereocenters. The Morgan fingerprint density at radius 2 is 1.71 bits per heavy atom. The van der Waals surface area contributed by atoms with Gasteiger partial charge in [-0.1, -0.05) is 39.2 Å². The lowest BCUT2D eigenvalue weighted by Gasteiger charge is -2.36. The second kappa shape index (κ2) is 14.7. The Balaban J connectivity index is 1.31. The van der Waals surface area contributed by atoms with Crippen molar-refractivity contribution in [2.45, 2.75) is 89.6 Å². The minimum absolute atomic E-state index is 0.0340. The summed E-state index contributed by atoms with van der Waals surface area (Å²) in [4.78, 5) is 57.0. The van der Waals surface area contributed by atoms with Crippen LogP contribution in [0.15, 0.2) is 30.5 Å². The van der Waals surface area contributed by atoms with E-state index < -0.39 is 23.7 Å². The van der Waals surface area contributed by atoms with Gasteiger partial charge in [-0.15, -0.1) is 0 Å². The summed E-state index contributed by atoms with van der Waals surface area (Å²) in [6.07, 6.45) is 8.75. The van der Waals surface area contributed by atoms with E-state index in [-0.39, 0.29) is 54.0 Å². The first-order valence-corrected chi connectivity index (χ1v) is 16.6. The molecule has 2 N–H and O–H groups in total. The standard InChI is InChI=1S/C34H47FN6O4/c1-4-31(43)38-32(34(45)40-18-16-39(3)17-19-40)22(2)24-10-13-28(27(35)20-24)37-33(44)26(23-8-6-5-7-9-23)21-30(42)29-14-15-36-41(29)25-11-12-25/h10,13-15,20,22-23,25-26,32H,4-9,11-12,16-19,21H2,1-3H3,(H,37,44)(H,38,43)/t22-,26-,32+/m0/s1. The van der Waals surface area contributed by atoms with E-state index in [0.29, 0.717) is 24.3 Å². The molecular formula is C34H47FN6O4. The number of piperazine rings is 1. The number of carbonyl (C=O) groups is 4. The Kier molecular flexibility index (Phi) is 10.7. The van der Waals surface area contributed by atoms with Crippen LogP contribution in [-0.2, 0) is 14.4 Å². The van der Waals surface area contributed by atoms with Gasteiger partial charge in [0.15, 0.2) is 5.78 Å². The summed E-state index contributed by atoms with van der Waals surface area (Å²) in [5, 5.41) is 9.98. The van der Waals surface area contributed by atoms with E-state index in [0.717, 1.165) is 58.0 Å². The fourth-order valence-corrected chi connectivity index (χ4v) is 6.69. The Labute approximate surface area is 265 Å². The molecule has 45 heavy (non-hydrogen) atoms. The lowest BCUT2D eigenvalue weighted by atomic mass is 9.77. The fourth-order valence-electron chi connectivity index (χ4n) is 6.69. The number of hydrogen-bond donors (Lipinski definition) is 2.